The average Bonchev–Trinajstić information content (AvgIpc) is 2.74. The van der Waals surface area contributed by atoms with Crippen molar-refractivity contribution in [2.24, 2.45) is 0 Å². The summed E-state index contributed by atoms with van der Waals surface area (Å²) in [7, 11) is 1.57. The summed E-state index contributed by atoms with van der Waals surface area (Å²) in [5.41, 5.74) is 3.80. The lowest BCUT2D eigenvalue weighted by Gasteiger charge is -2.15. The van der Waals surface area contributed by atoms with Crippen molar-refractivity contribution in [2.45, 2.75) is 13.5 Å². The number of carbonyl (C=O) groups excluding carboxylic acids is 1. The monoisotopic (exact) mass is 488 g/mol. The minimum atomic E-state index is -0.245. The van der Waals surface area contributed by atoms with Crippen LogP contribution in [0.3, 0.4) is 0 Å². The van der Waals surface area contributed by atoms with Gasteiger partial charge in [-0.15, -0.1) is 0 Å². The van der Waals surface area contributed by atoms with Crippen molar-refractivity contribution in [1.29, 1.82) is 0 Å². The van der Waals surface area contributed by atoms with Crippen LogP contribution in [-0.2, 0) is 11.3 Å². The van der Waals surface area contributed by atoms with E-state index in [1.807, 2.05) is 61.5 Å². The predicted molar refractivity (Wildman–Crippen MR) is 125 cm³/mol. The third-order valence-electron chi connectivity index (χ3n) is 4.35. The molecule has 0 unspecified atom stereocenters. The van der Waals surface area contributed by atoms with Crippen molar-refractivity contribution in [3.05, 3.63) is 81.3 Å². The first kappa shape index (κ1) is 22.0. The van der Waals surface area contributed by atoms with Crippen molar-refractivity contribution >= 4 is 44.8 Å². The van der Waals surface area contributed by atoms with Gasteiger partial charge in [0, 0.05) is 27.4 Å². The number of ether oxygens (including phenoxy) is 2. The number of halogens is 2. The molecule has 30 heavy (non-hydrogen) atoms. The number of aryl methyl sites for hydroxylation is 1. The van der Waals surface area contributed by atoms with Gasteiger partial charge in [-0.2, -0.15) is 0 Å². The van der Waals surface area contributed by atoms with Gasteiger partial charge in [0.05, 0.1) is 7.11 Å². The molecule has 0 saturated carbocycles. The molecule has 0 aliphatic carbocycles. The molecule has 0 saturated heterocycles. The van der Waals surface area contributed by atoms with Gasteiger partial charge in [0.1, 0.15) is 0 Å². The molecule has 0 aliphatic heterocycles. The van der Waals surface area contributed by atoms with E-state index < -0.39 is 0 Å². The van der Waals surface area contributed by atoms with Crippen LogP contribution < -0.4 is 20.1 Å². The van der Waals surface area contributed by atoms with Crippen molar-refractivity contribution in [2.75, 3.05) is 24.4 Å². The summed E-state index contributed by atoms with van der Waals surface area (Å²) in [6.07, 6.45) is 0. The number of hydrogen-bond donors (Lipinski definition) is 2. The Hall–Kier alpha value is -2.70. The van der Waals surface area contributed by atoms with Crippen LogP contribution in [-0.4, -0.2) is 19.6 Å². The maximum atomic E-state index is 12.2. The third-order valence-corrected chi connectivity index (χ3v) is 5.34. The molecule has 0 fully saturated rings. The van der Waals surface area contributed by atoms with Crippen molar-refractivity contribution in [3.63, 3.8) is 0 Å². The standard InChI is InChI=1S/C23H22BrClN2O3/c1-15-3-7-19(8-4-15)27-23(28)14-30-22-12-20(24)16(11-21(22)29-2)13-26-18-9-5-17(25)6-10-18/h3-12,26H,13-14H2,1-2H3,(H,27,28). The number of carbonyl (C=O) groups is 1. The molecule has 1 amide bonds. The van der Waals surface area contributed by atoms with E-state index in [0.29, 0.717) is 23.1 Å². The van der Waals surface area contributed by atoms with E-state index in [4.69, 9.17) is 21.1 Å². The average molecular weight is 490 g/mol. The van der Waals surface area contributed by atoms with Crippen LogP contribution in [0.5, 0.6) is 11.5 Å². The third kappa shape index (κ3) is 6.15. The molecule has 0 aromatic heterocycles. The first-order chi connectivity index (χ1) is 14.4. The molecule has 0 aliphatic rings. The van der Waals surface area contributed by atoms with Crippen LogP contribution in [0.1, 0.15) is 11.1 Å². The lowest BCUT2D eigenvalue weighted by Crippen LogP contribution is -2.20. The first-order valence-electron chi connectivity index (χ1n) is 9.30. The minimum absolute atomic E-state index is 0.126. The van der Waals surface area contributed by atoms with Crippen LogP contribution in [0.2, 0.25) is 5.02 Å². The molecule has 7 heteroatoms. The van der Waals surface area contributed by atoms with Gasteiger partial charge in [0.25, 0.3) is 5.91 Å². The molecule has 3 rings (SSSR count). The van der Waals surface area contributed by atoms with Gasteiger partial charge >= 0.3 is 0 Å². The zero-order chi connectivity index (χ0) is 21.5. The van der Waals surface area contributed by atoms with E-state index in [0.717, 1.165) is 27.0 Å². The molecule has 0 atom stereocenters. The Balaban J connectivity index is 1.62. The van der Waals surface area contributed by atoms with Crippen LogP contribution in [0, 0.1) is 6.92 Å². The fourth-order valence-electron chi connectivity index (χ4n) is 2.73. The quantitative estimate of drug-likeness (QED) is 0.404. The normalized spacial score (nSPS) is 10.4. The number of methoxy groups -OCH3 is 1. The lowest BCUT2D eigenvalue weighted by molar-refractivity contribution is -0.118. The maximum absolute atomic E-state index is 12.2. The summed E-state index contributed by atoms with van der Waals surface area (Å²) in [6.45, 7) is 2.44. The number of amides is 1. The molecular weight excluding hydrogens is 468 g/mol. The van der Waals surface area contributed by atoms with Gasteiger partial charge in [-0.05, 0) is 61.0 Å². The van der Waals surface area contributed by atoms with Crippen LogP contribution >= 0.6 is 27.5 Å². The zero-order valence-electron chi connectivity index (χ0n) is 16.7. The fourth-order valence-corrected chi connectivity index (χ4v) is 3.32. The minimum Gasteiger partial charge on any atom is -0.493 e. The van der Waals surface area contributed by atoms with E-state index in [1.54, 1.807) is 13.2 Å². The molecule has 156 valence electrons. The Labute approximate surface area is 189 Å². The summed E-state index contributed by atoms with van der Waals surface area (Å²) in [5, 5.41) is 6.83. The molecule has 5 nitrogen and oxygen atoms in total. The van der Waals surface area contributed by atoms with Crippen LogP contribution in [0.15, 0.2) is 65.1 Å². The largest absolute Gasteiger partial charge is 0.493 e. The second-order valence-electron chi connectivity index (χ2n) is 6.66. The molecule has 0 bridgehead atoms. The van der Waals surface area contributed by atoms with Crippen molar-refractivity contribution in [1.82, 2.24) is 0 Å². The Morgan fingerprint density at radius 2 is 1.67 bits per heavy atom. The summed E-state index contributed by atoms with van der Waals surface area (Å²) in [6, 6.07) is 18.8. The van der Waals surface area contributed by atoms with Crippen LogP contribution in [0.25, 0.3) is 0 Å². The highest BCUT2D eigenvalue weighted by Gasteiger charge is 2.12. The first-order valence-corrected chi connectivity index (χ1v) is 10.5. The molecular formula is C23H22BrClN2O3. The Bertz CT molecular complexity index is 1010. The molecule has 0 radical (unpaired) electrons. The van der Waals surface area contributed by atoms with E-state index >= 15 is 0 Å². The highest BCUT2D eigenvalue weighted by molar-refractivity contribution is 9.10. The van der Waals surface area contributed by atoms with Gasteiger partial charge < -0.3 is 20.1 Å². The van der Waals surface area contributed by atoms with E-state index in [2.05, 4.69) is 26.6 Å². The zero-order valence-corrected chi connectivity index (χ0v) is 19.0. The highest BCUT2D eigenvalue weighted by Crippen LogP contribution is 2.34. The fraction of sp³-hybridized carbons (Fsp3) is 0.174. The van der Waals surface area contributed by atoms with E-state index in [-0.39, 0.29) is 12.5 Å². The van der Waals surface area contributed by atoms with E-state index in [9.17, 15) is 4.79 Å². The molecule has 3 aromatic rings. The maximum Gasteiger partial charge on any atom is 0.262 e. The van der Waals surface area contributed by atoms with E-state index in [1.165, 1.54) is 0 Å². The number of benzene rings is 3. The highest BCUT2D eigenvalue weighted by atomic mass is 79.9. The summed E-state index contributed by atoms with van der Waals surface area (Å²) in [5.74, 6) is 0.790. The number of rotatable bonds is 8. The smallest absolute Gasteiger partial charge is 0.262 e. The molecule has 0 spiro atoms. The van der Waals surface area contributed by atoms with Gasteiger partial charge in [-0.25, -0.2) is 0 Å². The van der Waals surface area contributed by atoms with Gasteiger partial charge in [-0.1, -0.05) is 45.2 Å². The Morgan fingerprint density at radius 1 is 1.00 bits per heavy atom. The van der Waals surface area contributed by atoms with Gasteiger partial charge in [0.2, 0.25) is 0 Å². The predicted octanol–water partition coefficient (Wildman–Crippen LogP) is 6.05. The topological polar surface area (TPSA) is 59.6 Å². The van der Waals surface area contributed by atoms with Crippen LogP contribution in [0.4, 0.5) is 11.4 Å². The Kier molecular flexibility index (Phi) is 7.60. The van der Waals surface area contributed by atoms with Gasteiger partial charge in [-0.3, -0.25) is 4.79 Å². The van der Waals surface area contributed by atoms with Crippen molar-refractivity contribution in [3.8, 4) is 11.5 Å². The second-order valence-corrected chi connectivity index (χ2v) is 7.95. The van der Waals surface area contributed by atoms with Crippen molar-refractivity contribution < 1.29 is 14.3 Å². The van der Waals surface area contributed by atoms with Gasteiger partial charge in [0.15, 0.2) is 18.1 Å². The summed E-state index contributed by atoms with van der Waals surface area (Å²) < 4.78 is 12.0. The second kappa shape index (κ2) is 10.4. The molecule has 0 heterocycles. The number of hydrogen-bond acceptors (Lipinski definition) is 4. The summed E-state index contributed by atoms with van der Waals surface area (Å²) in [4.78, 5) is 12.2. The number of nitrogens with one attached hydrogen (secondary N) is 2. The number of anilines is 2. The SMILES string of the molecule is COc1cc(CNc2ccc(Cl)cc2)c(Br)cc1OCC(=O)Nc1ccc(C)cc1. The lowest BCUT2D eigenvalue weighted by atomic mass is 10.2. The molecule has 3 aromatic carbocycles. The summed E-state index contributed by atoms with van der Waals surface area (Å²) >= 11 is 9.49. The Morgan fingerprint density at radius 3 is 2.33 bits per heavy atom. The molecule has 2 N–H and O–H groups in total.